The molecular weight excluding hydrogens is 277 g/mol. The Balaban J connectivity index is 2.47. The van der Waals surface area contributed by atoms with E-state index in [2.05, 4.69) is 10.1 Å². The molecule has 0 saturated carbocycles. The smallest absolute Gasteiger partial charge is 0.173 e. The van der Waals surface area contributed by atoms with Gasteiger partial charge in [-0.05, 0) is 44.2 Å². The van der Waals surface area contributed by atoms with Crippen molar-refractivity contribution in [2.24, 2.45) is 10.9 Å². The number of nitrogens with zero attached hydrogens (tertiary/aromatic N) is 2. The molecule has 1 aromatic heterocycles. The van der Waals surface area contributed by atoms with Crippen LogP contribution in [0.2, 0.25) is 0 Å². The monoisotopic (exact) mass is 291 g/mol. The van der Waals surface area contributed by atoms with Crippen LogP contribution in [0.5, 0.6) is 0 Å². The number of aromatic nitrogens is 1. The van der Waals surface area contributed by atoms with E-state index < -0.39 is 0 Å². The molecule has 0 saturated heterocycles. The van der Waals surface area contributed by atoms with Gasteiger partial charge in [0.2, 0.25) is 0 Å². The zero-order valence-corrected chi connectivity index (χ0v) is 11.9. The molecule has 0 spiro atoms. The first kappa shape index (κ1) is 14.3. The van der Waals surface area contributed by atoms with Gasteiger partial charge in [0.1, 0.15) is 5.82 Å². The lowest BCUT2D eigenvalue weighted by Crippen LogP contribution is -2.17. The Morgan fingerprint density at radius 3 is 2.55 bits per heavy atom. The van der Waals surface area contributed by atoms with Crippen molar-refractivity contribution >= 4 is 17.6 Å². The van der Waals surface area contributed by atoms with E-state index in [-0.39, 0.29) is 11.7 Å². The van der Waals surface area contributed by atoms with Crippen LogP contribution in [-0.2, 0) is 0 Å². The number of benzene rings is 1. The maximum atomic E-state index is 12.9. The fourth-order valence-corrected chi connectivity index (χ4v) is 2.97. The Labute approximate surface area is 120 Å². The molecule has 0 unspecified atom stereocenters. The molecule has 20 heavy (non-hydrogen) atoms. The molecule has 1 heterocycles. The molecule has 0 fully saturated rings. The van der Waals surface area contributed by atoms with Gasteiger partial charge < -0.3 is 10.9 Å². The van der Waals surface area contributed by atoms with Crippen molar-refractivity contribution < 1.29 is 9.60 Å². The number of amidine groups is 1. The minimum Gasteiger partial charge on any atom is -0.409 e. The second-order valence-electron chi connectivity index (χ2n) is 4.26. The second kappa shape index (κ2) is 5.92. The van der Waals surface area contributed by atoms with Crippen LogP contribution in [0.1, 0.15) is 17.0 Å². The highest BCUT2D eigenvalue weighted by molar-refractivity contribution is 7.99. The minimum atomic E-state index is -0.284. The minimum absolute atomic E-state index is 0.0135. The first-order chi connectivity index (χ1) is 9.51. The van der Waals surface area contributed by atoms with E-state index in [4.69, 9.17) is 10.9 Å². The molecule has 1 aromatic carbocycles. The van der Waals surface area contributed by atoms with Gasteiger partial charge in [-0.1, -0.05) is 16.9 Å². The highest BCUT2D eigenvalue weighted by Gasteiger charge is 2.14. The van der Waals surface area contributed by atoms with Gasteiger partial charge in [-0.15, -0.1) is 0 Å². The summed E-state index contributed by atoms with van der Waals surface area (Å²) in [4.78, 5) is 5.99. The molecule has 6 heteroatoms. The molecule has 3 N–H and O–H groups in total. The van der Waals surface area contributed by atoms with Gasteiger partial charge in [0.25, 0.3) is 0 Å². The summed E-state index contributed by atoms with van der Waals surface area (Å²) < 4.78 is 12.9. The summed E-state index contributed by atoms with van der Waals surface area (Å²) in [5, 5.41) is 11.9. The van der Waals surface area contributed by atoms with Crippen molar-refractivity contribution in [1.82, 2.24) is 4.98 Å². The van der Waals surface area contributed by atoms with Crippen molar-refractivity contribution in [2.45, 2.75) is 23.6 Å². The van der Waals surface area contributed by atoms with E-state index >= 15 is 0 Å². The SMILES string of the molecule is Cc1cc(Sc2ccc(F)cc2)c(/C(N)=N/O)c(C)n1. The number of halogens is 1. The van der Waals surface area contributed by atoms with Crippen molar-refractivity contribution in [3.05, 3.63) is 53.1 Å². The lowest BCUT2D eigenvalue weighted by molar-refractivity contribution is 0.318. The van der Waals surface area contributed by atoms with E-state index in [9.17, 15) is 4.39 Å². The van der Waals surface area contributed by atoms with Crippen LogP contribution in [0, 0.1) is 19.7 Å². The number of pyridine rings is 1. The first-order valence-electron chi connectivity index (χ1n) is 5.91. The first-order valence-corrected chi connectivity index (χ1v) is 6.72. The third-order valence-corrected chi connectivity index (χ3v) is 3.75. The summed E-state index contributed by atoms with van der Waals surface area (Å²) in [5.74, 6) is -0.271. The van der Waals surface area contributed by atoms with Crippen LogP contribution >= 0.6 is 11.8 Å². The van der Waals surface area contributed by atoms with E-state index in [1.807, 2.05) is 13.0 Å². The normalized spacial score (nSPS) is 11.7. The average Bonchev–Trinajstić information content (AvgIpc) is 2.40. The van der Waals surface area contributed by atoms with Crippen LogP contribution in [-0.4, -0.2) is 16.0 Å². The fourth-order valence-electron chi connectivity index (χ4n) is 1.86. The Morgan fingerprint density at radius 1 is 1.30 bits per heavy atom. The topological polar surface area (TPSA) is 71.5 Å². The maximum Gasteiger partial charge on any atom is 0.173 e. The van der Waals surface area contributed by atoms with Gasteiger partial charge in [-0.3, -0.25) is 4.98 Å². The van der Waals surface area contributed by atoms with E-state index in [1.165, 1.54) is 23.9 Å². The van der Waals surface area contributed by atoms with Gasteiger partial charge in [0.05, 0.1) is 5.56 Å². The molecule has 0 bridgehead atoms. The number of aryl methyl sites for hydroxylation is 2. The van der Waals surface area contributed by atoms with E-state index in [0.717, 1.165) is 15.5 Å². The quantitative estimate of drug-likeness (QED) is 0.394. The Bertz CT molecular complexity index is 656. The molecule has 0 amide bonds. The standard InChI is InChI=1S/C14H14FN3OS/c1-8-7-12(13(9(2)17-8)14(16)18-19)20-11-5-3-10(15)4-6-11/h3-7,19H,1-2H3,(H2,16,18). The molecule has 0 atom stereocenters. The fraction of sp³-hybridized carbons (Fsp3) is 0.143. The number of hydrogen-bond donors (Lipinski definition) is 2. The van der Waals surface area contributed by atoms with Gasteiger partial charge in [0, 0.05) is 21.2 Å². The summed E-state index contributed by atoms with van der Waals surface area (Å²) in [6, 6.07) is 8.01. The van der Waals surface area contributed by atoms with Gasteiger partial charge in [-0.2, -0.15) is 0 Å². The van der Waals surface area contributed by atoms with E-state index in [1.54, 1.807) is 19.1 Å². The van der Waals surface area contributed by atoms with Crippen LogP contribution in [0.4, 0.5) is 4.39 Å². The number of rotatable bonds is 3. The maximum absolute atomic E-state index is 12.9. The molecule has 0 aliphatic carbocycles. The average molecular weight is 291 g/mol. The number of hydrogen-bond acceptors (Lipinski definition) is 4. The van der Waals surface area contributed by atoms with Crippen molar-refractivity contribution in [2.75, 3.05) is 0 Å². The molecular formula is C14H14FN3OS. The number of nitrogens with two attached hydrogens (primary N) is 1. The van der Waals surface area contributed by atoms with Crippen LogP contribution in [0.3, 0.4) is 0 Å². The van der Waals surface area contributed by atoms with Gasteiger partial charge in [0.15, 0.2) is 5.84 Å². The predicted octanol–water partition coefficient (Wildman–Crippen LogP) is 3.08. The zero-order chi connectivity index (χ0) is 14.7. The zero-order valence-electron chi connectivity index (χ0n) is 11.1. The molecule has 0 aliphatic rings. The van der Waals surface area contributed by atoms with Crippen LogP contribution < -0.4 is 5.73 Å². The van der Waals surface area contributed by atoms with Crippen molar-refractivity contribution in [3.63, 3.8) is 0 Å². The molecule has 4 nitrogen and oxygen atoms in total. The lowest BCUT2D eigenvalue weighted by atomic mass is 10.1. The largest absolute Gasteiger partial charge is 0.409 e. The third-order valence-electron chi connectivity index (χ3n) is 2.70. The van der Waals surface area contributed by atoms with Crippen LogP contribution in [0.25, 0.3) is 0 Å². The summed E-state index contributed by atoms with van der Waals surface area (Å²) in [5.41, 5.74) is 7.82. The predicted molar refractivity (Wildman–Crippen MR) is 76.7 cm³/mol. The van der Waals surface area contributed by atoms with E-state index in [0.29, 0.717) is 11.3 Å². The molecule has 0 radical (unpaired) electrons. The van der Waals surface area contributed by atoms with Crippen molar-refractivity contribution in [1.29, 1.82) is 0 Å². The molecule has 2 rings (SSSR count). The van der Waals surface area contributed by atoms with Gasteiger partial charge in [-0.25, -0.2) is 4.39 Å². The van der Waals surface area contributed by atoms with Gasteiger partial charge >= 0.3 is 0 Å². The summed E-state index contributed by atoms with van der Waals surface area (Å²) >= 11 is 1.42. The Hall–Kier alpha value is -2.08. The highest BCUT2D eigenvalue weighted by Crippen LogP contribution is 2.32. The Morgan fingerprint density at radius 2 is 1.95 bits per heavy atom. The number of oxime groups is 1. The summed E-state index contributed by atoms with van der Waals surface area (Å²) in [6.45, 7) is 3.67. The summed E-state index contributed by atoms with van der Waals surface area (Å²) in [6.07, 6.45) is 0. The lowest BCUT2D eigenvalue weighted by Gasteiger charge is -2.11. The van der Waals surface area contributed by atoms with Crippen LogP contribution in [0.15, 0.2) is 45.3 Å². The molecule has 2 aromatic rings. The third kappa shape index (κ3) is 3.08. The Kier molecular flexibility index (Phi) is 4.24. The molecule has 0 aliphatic heterocycles. The van der Waals surface area contributed by atoms with Crippen molar-refractivity contribution in [3.8, 4) is 0 Å². The second-order valence-corrected chi connectivity index (χ2v) is 5.38. The highest BCUT2D eigenvalue weighted by atomic mass is 32.2. The summed E-state index contributed by atoms with van der Waals surface area (Å²) in [7, 11) is 0. The molecule has 104 valence electrons.